The minimum absolute atomic E-state index is 0.170. The smallest absolute Gasteiger partial charge is 0.355 e. The van der Waals surface area contributed by atoms with Crippen LogP contribution >= 0.6 is 0 Å². The van der Waals surface area contributed by atoms with Crippen molar-refractivity contribution in [1.82, 2.24) is 4.57 Å². The number of nitrogens with zero attached hydrogens (tertiary/aromatic N) is 1. The van der Waals surface area contributed by atoms with E-state index in [1.807, 2.05) is 30.3 Å². The third-order valence-electron chi connectivity index (χ3n) is 6.55. The molecule has 0 atom stereocenters. The fourth-order valence-corrected chi connectivity index (χ4v) is 4.71. The van der Waals surface area contributed by atoms with Crippen LogP contribution < -0.4 is 18.9 Å². The zero-order chi connectivity index (χ0) is 28.8. The number of carbonyl (C=O) groups excluding carboxylic acids is 2. The van der Waals surface area contributed by atoms with Crippen LogP contribution in [0.3, 0.4) is 0 Å². The van der Waals surface area contributed by atoms with Gasteiger partial charge in [-0.15, -0.1) is 0 Å². The molecule has 0 aliphatic carbocycles. The van der Waals surface area contributed by atoms with Gasteiger partial charge in [0.1, 0.15) is 11.4 Å². The van der Waals surface area contributed by atoms with Crippen LogP contribution in [0.4, 0.5) is 0 Å². The van der Waals surface area contributed by atoms with Gasteiger partial charge in [-0.2, -0.15) is 0 Å². The Morgan fingerprint density at radius 2 is 1.00 bits per heavy atom. The van der Waals surface area contributed by atoms with Crippen molar-refractivity contribution in [3.63, 3.8) is 0 Å². The zero-order valence-corrected chi connectivity index (χ0v) is 23.3. The molecular weight excluding hydrogens is 514 g/mol. The number of benzene rings is 3. The second-order valence-corrected chi connectivity index (χ2v) is 8.64. The summed E-state index contributed by atoms with van der Waals surface area (Å²) >= 11 is 0. The van der Waals surface area contributed by atoms with E-state index in [0.29, 0.717) is 45.3 Å². The first-order valence-corrected chi connectivity index (χ1v) is 12.3. The molecule has 0 amide bonds. The first kappa shape index (κ1) is 28.1. The fourth-order valence-electron chi connectivity index (χ4n) is 4.71. The maximum Gasteiger partial charge on any atom is 0.355 e. The first-order chi connectivity index (χ1) is 19.4. The fraction of sp³-hybridized carbons (Fsp3) is 0.226. The van der Waals surface area contributed by atoms with Gasteiger partial charge in [-0.3, -0.25) is 0 Å². The van der Waals surface area contributed by atoms with Gasteiger partial charge in [0.2, 0.25) is 0 Å². The monoisotopic (exact) mass is 545 g/mol. The van der Waals surface area contributed by atoms with E-state index in [1.165, 1.54) is 42.7 Å². The van der Waals surface area contributed by atoms with E-state index in [-0.39, 0.29) is 17.9 Å². The van der Waals surface area contributed by atoms with Gasteiger partial charge in [-0.25, -0.2) is 9.59 Å². The predicted octanol–water partition coefficient (Wildman–Crippen LogP) is 5.48. The summed E-state index contributed by atoms with van der Waals surface area (Å²) in [6.07, 6.45) is 0. The number of aromatic nitrogens is 1. The summed E-state index contributed by atoms with van der Waals surface area (Å²) in [4.78, 5) is 27.1. The Balaban J connectivity index is 2.18. The Bertz CT molecular complexity index is 1430. The third kappa shape index (κ3) is 5.18. The second kappa shape index (κ2) is 12.3. The zero-order valence-electron chi connectivity index (χ0n) is 23.3. The average molecular weight is 546 g/mol. The van der Waals surface area contributed by atoms with E-state index in [2.05, 4.69) is 0 Å². The van der Waals surface area contributed by atoms with Gasteiger partial charge in [-0.05, 0) is 41.0 Å². The van der Waals surface area contributed by atoms with E-state index in [4.69, 9.17) is 28.4 Å². The van der Waals surface area contributed by atoms with Crippen LogP contribution in [0.25, 0.3) is 22.3 Å². The maximum absolute atomic E-state index is 13.5. The topological polar surface area (TPSA) is 94.5 Å². The highest BCUT2D eigenvalue weighted by atomic mass is 16.5. The Morgan fingerprint density at radius 3 is 1.38 bits per heavy atom. The summed E-state index contributed by atoms with van der Waals surface area (Å²) in [6.45, 7) is 0.198. The van der Waals surface area contributed by atoms with Crippen LogP contribution in [0.1, 0.15) is 26.5 Å². The Kier molecular flexibility index (Phi) is 8.63. The van der Waals surface area contributed by atoms with Gasteiger partial charge in [0.25, 0.3) is 0 Å². The number of ether oxygens (including phenoxy) is 6. The minimum Gasteiger partial charge on any atom is -0.493 e. The van der Waals surface area contributed by atoms with Crippen LogP contribution in [0.15, 0.2) is 66.7 Å². The van der Waals surface area contributed by atoms with Gasteiger partial charge in [0.15, 0.2) is 23.0 Å². The molecule has 1 aromatic heterocycles. The van der Waals surface area contributed by atoms with E-state index < -0.39 is 11.9 Å². The molecule has 9 nitrogen and oxygen atoms in total. The summed E-state index contributed by atoms with van der Waals surface area (Å²) in [7, 11) is 8.73. The standard InChI is InChI=1S/C31H31NO8/c1-35-22-14-12-20(16-24(22)37-3)26-27(21-13-15-23(36-2)25(17-21)38-4)29(31(34)40-6)32(28(26)30(33)39-5)18-19-10-8-7-9-11-19/h7-17H,18H2,1-6H3. The Morgan fingerprint density at radius 1 is 0.575 bits per heavy atom. The molecule has 0 unspecified atom stereocenters. The molecule has 0 spiro atoms. The van der Waals surface area contributed by atoms with Crippen LogP contribution in [0.2, 0.25) is 0 Å². The Hall–Kier alpha value is -4.92. The molecule has 4 aromatic rings. The van der Waals surface area contributed by atoms with Crippen molar-refractivity contribution in [2.45, 2.75) is 6.54 Å². The summed E-state index contributed by atoms with van der Waals surface area (Å²) in [5.41, 5.74) is 3.31. The number of carbonyl (C=O) groups is 2. The number of hydrogen-bond acceptors (Lipinski definition) is 8. The van der Waals surface area contributed by atoms with Gasteiger partial charge < -0.3 is 33.0 Å². The van der Waals surface area contributed by atoms with E-state index in [9.17, 15) is 9.59 Å². The van der Waals surface area contributed by atoms with Crippen LogP contribution in [-0.2, 0) is 16.0 Å². The number of esters is 2. The molecular formula is C31H31NO8. The van der Waals surface area contributed by atoms with Crippen molar-refractivity contribution < 1.29 is 38.0 Å². The van der Waals surface area contributed by atoms with Crippen molar-refractivity contribution in [2.24, 2.45) is 0 Å². The predicted molar refractivity (Wildman–Crippen MR) is 150 cm³/mol. The molecule has 0 radical (unpaired) electrons. The van der Waals surface area contributed by atoms with E-state index >= 15 is 0 Å². The van der Waals surface area contributed by atoms with Crippen LogP contribution in [0.5, 0.6) is 23.0 Å². The highest BCUT2D eigenvalue weighted by Gasteiger charge is 2.34. The summed E-state index contributed by atoms with van der Waals surface area (Å²) in [5.74, 6) is 0.662. The molecule has 0 saturated heterocycles. The molecule has 0 aliphatic rings. The lowest BCUT2D eigenvalue weighted by molar-refractivity contribution is 0.0579. The average Bonchev–Trinajstić information content (AvgIpc) is 3.34. The molecule has 0 aliphatic heterocycles. The highest BCUT2D eigenvalue weighted by Crippen LogP contribution is 2.45. The summed E-state index contributed by atoms with van der Waals surface area (Å²) in [5, 5.41) is 0. The maximum atomic E-state index is 13.5. The van der Waals surface area contributed by atoms with Crippen molar-refractivity contribution in [3.05, 3.63) is 83.7 Å². The van der Waals surface area contributed by atoms with Gasteiger partial charge >= 0.3 is 11.9 Å². The van der Waals surface area contributed by atoms with Gasteiger partial charge in [-0.1, -0.05) is 42.5 Å². The summed E-state index contributed by atoms with van der Waals surface area (Å²) < 4.78 is 34.2. The molecule has 40 heavy (non-hydrogen) atoms. The van der Waals surface area contributed by atoms with Crippen molar-refractivity contribution in [2.75, 3.05) is 42.7 Å². The van der Waals surface area contributed by atoms with Crippen LogP contribution in [-0.4, -0.2) is 59.2 Å². The number of rotatable bonds is 10. The molecule has 1 heterocycles. The lowest BCUT2D eigenvalue weighted by Gasteiger charge is -2.14. The SMILES string of the molecule is COC(=O)c1c(-c2ccc(OC)c(OC)c2)c(-c2ccc(OC)c(OC)c2)c(C(=O)OC)n1Cc1ccccc1. The molecule has 0 saturated carbocycles. The lowest BCUT2D eigenvalue weighted by Crippen LogP contribution is -2.18. The van der Waals surface area contributed by atoms with Gasteiger partial charge in [0.05, 0.1) is 42.7 Å². The molecule has 0 fully saturated rings. The molecule has 208 valence electrons. The van der Waals surface area contributed by atoms with Crippen LogP contribution in [0, 0.1) is 0 Å². The number of hydrogen-bond donors (Lipinski definition) is 0. The quantitative estimate of drug-likeness (QED) is 0.242. The third-order valence-corrected chi connectivity index (χ3v) is 6.55. The van der Waals surface area contributed by atoms with Gasteiger partial charge in [0, 0.05) is 17.7 Å². The first-order valence-electron chi connectivity index (χ1n) is 12.3. The number of methoxy groups -OCH3 is 6. The molecule has 9 heteroatoms. The molecule has 0 N–H and O–H groups in total. The lowest BCUT2D eigenvalue weighted by atomic mass is 9.94. The highest BCUT2D eigenvalue weighted by molar-refractivity contribution is 6.09. The molecule has 4 rings (SSSR count). The normalized spacial score (nSPS) is 10.6. The van der Waals surface area contributed by atoms with E-state index in [0.717, 1.165) is 5.56 Å². The largest absolute Gasteiger partial charge is 0.493 e. The molecule has 0 bridgehead atoms. The van der Waals surface area contributed by atoms with Crippen molar-refractivity contribution in [1.29, 1.82) is 0 Å². The van der Waals surface area contributed by atoms with Crippen molar-refractivity contribution >= 4 is 11.9 Å². The van der Waals surface area contributed by atoms with Crippen molar-refractivity contribution in [3.8, 4) is 45.3 Å². The minimum atomic E-state index is -0.627. The Labute approximate surface area is 232 Å². The second-order valence-electron chi connectivity index (χ2n) is 8.64. The molecule has 3 aromatic carbocycles. The van der Waals surface area contributed by atoms with E-state index in [1.54, 1.807) is 41.0 Å². The summed E-state index contributed by atoms with van der Waals surface area (Å²) in [6, 6.07) is 20.0.